The summed E-state index contributed by atoms with van der Waals surface area (Å²) >= 11 is 0. The Labute approximate surface area is 203 Å². The van der Waals surface area contributed by atoms with Gasteiger partial charge in [0.25, 0.3) is 0 Å². The molecule has 1 fully saturated rings. The second-order valence-electron chi connectivity index (χ2n) is 9.34. The normalized spacial score (nSPS) is 19.4. The molecule has 2 aromatic rings. The third-order valence-electron chi connectivity index (χ3n) is 6.63. The van der Waals surface area contributed by atoms with E-state index in [2.05, 4.69) is 10.6 Å². The Balaban J connectivity index is 1.28. The fourth-order valence-corrected chi connectivity index (χ4v) is 4.71. The highest BCUT2D eigenvalue weighted by atomic mass is 19.1. The van der Waals surface area contributed by atoms with E-state index in [1.54, 1.807) is 24.0 Å². The van der Waals surface area contributed by atoms with Gasteiger partial charge in [0.15, 0.2) is 0 Å². The minimum absolute atomic E-state index is 0.107. The molecule has 0 bridgehead atoms. The average Bonchev–Trinajstić information content (AvgIpc) is 2.81. The molecule has 0 unspecified atom stereocenters. The number of aryl methyl sites for hydroxylation is 1. The highest BCUT2D eigenvalue weighted by Gasteiger charge is 2.28. The quantitative estimate of drug-likeness (QED) is 0.534. The zero-order chi connectivity index (χ0) is 24.9. The van der Waals surface area contributed by atoms with E-state index in [9.17, 15) is 18.8 Å². The van der Waals surface area contributed by atoms with Crippen molar-refractivity contribution in [2.75, 3.05) is 17.2 Å². The summed E-state index contributed by atoms with van der Waals surface area (Å²) in [7, 11) is 0. The molecular weight excluding hydrogens is 453 g/mol. The molecule has 1 heterocycles. The van der Waals surface area contributed by atoms with Gasteiger partial charge in [0, 0.05) is 25.2 Å². The number of carbonyl (C=O) groups is 3. The van der Waals surface area contributed by atoms with Gasteiger partial charge in [-0.15, -0.1) is 0 Å². The van der Waals surface area contributed by atoms with Crippen LogP contribution in [0.15, 0.2) is 36.4 Å². The molecule has 1 saturated carbocycles. The first-order valence-corrected chi connectivity index (χ1v) is 11.9. The molecule has 8 nitrogen and oxygen atoms in total. The number of nitrogens with zero attached hydrogens (tertiary/aromatic N) is 1. The lowest BCUT2D eigenvalue weighted by molar-refractivity contribution is -0.138. The summed E-state index contributed by atoms with van der Waals surface area (Å²) in [6, 6.07) is 9.55. The van der Waals surface area contributed by atoms with Crippen LogP contribution in [0.1, 0.15) is 48.8 Å². The molecule has 186 valence electrons. The minimum Gasteiger partial charge on any atom is -0.481 e. The number of hydrogen-bond acceptors (Lipinski definition) is 4. The molecule has 2 aliphatic rings. The molecule has 0 spiro atoms. The number of nitrogens with one attached hydrogen (secondary N) is 2. The monoisotopic (exact) mass is 483 g/mol. The Morgan fingerprint density at radius 3 is 2.54 bits per heavy atom. The maximum atomic E-state index is 14.0. The van der Waals surface area contributed by atoms with Crippen LogP contribution in [0, 0.1) is 18.7 Å². The molecule has 2 aromatic carbocycles. The average molecular weight is 484 g/mol. The predicted molar refractivity (Wildman–Crippen MR) is 129 cm³/mol. The predicted octanol–water partition coefficient (Wildman–Crippen LogP) is 5.31. The summed E-state index contributed by atoms with van der Waals surface area (Å²) in [6.45, 7) is 2.70. The minimum atomic E-state index is -0.781. The Kier molecular flexibility index (Phi) is 7.53. The largest absolute Gasteiger partial charge is 0.481 e. The van der Waals surface area contributed by atoms with Gasteiger partial charge in [-0.2, -0.15) is 0 Å². The van der Waals surface area contributed by atoms with Gasteiger partial charge < -0.3 is 25.4 Å². The first-order valence-electron chi connectivity index (χ1n) is 11.9. The molecule has 4 rings (SSSR count). The molecule has 1 aliphatic carbocycles. The fourth-order valence-electron chi connectivity index (χ4n) is 4.71. The van der Waals surface area contributed by atoms with Crippen molar-refractivity contribution in [2.24, 2.45) is 5.92 Å². The lowest BCUT2D eigenvalue weighted by Gasteiger charge is -2.32. The van der Waals surface area contributed by atoms with Crippen molar-refractivity contribution in [3.63, 3.8) is 0 Å². The lowest BCUT2D eigenvalue weighted by Crippen LogP contribution is -2.39. The number of rotatable bonds is 5. The Morgan fingerprint density at radius 2 is 1.83 bits per heavy atom. The summed E-state index contributed by atoms with van der Waals surface area (Å²) < 4.78 is 19.7. The molecule has 9 heteroatoms. The van der Waals surface area contributed by atoms with Crippen LogP contribution in [0.25, 0.3) is 0 Å². The number of carboxylic acids is 1. The van der Waals surface area contributed by atoms with Gasteiger partial charge in [0.2, 0.25) is 0 Å². The van der Waals surface area contributed by atoms with Crippen molar-refractivity contribution >= 4 is 29.5 Å². The highest BCUT2D eigenvalue weighted by molar-refractivity contribution is 5.99. The zero-order valence-corrected chi connectivity index (χ0v) is 19.7. The van der Waals surface area contributed by atoms with Crippen LogP contribution >= 0.6 is 0 Å². The number of anilines is 2. The van der Waals surface area contributed by atoms with E-state index in [0.29, 0.717) is 38.0 Å². The van der Waals surface area contributed by atoms with Crippen LogP contribution in [0.4, 0.5) is 25.4 Å². The topological polar surface area (TPSA) is 108 Å². The van der Waals surface area contributed by atoms with E-state index in [1.807, 2.05) is 12.1 Å². The summed E-state index contributed by atoms with van der Waals surface area (Å²) in [5.41, 5.74) is 3.47. The Hall–Kier alpha value is -3.62. The lowest BCUT2D eigenvalue weighted by atomic mass is 9.85. The summed E-state index contributed by atoms with van der Waals surface area (Å²) in [4.78, 5) is 37.5. The first-order chi connectivity index (χ1) is 16.8. The third kappa shape index (κ3) is 6.49. The van der Waals surface area contributed by atoms with Gasteiger partial charge in [-0.25, -0.2) is 14.0 Å². The second-order valence-corrected chi connectivity index (χ2v) is 9.34. The molecule has 0 radical (unpaired) electrons. The number of urea groups is 1. The molecule has 3 amide bonds. The summed E-state index contributed by atoms with van der Waals surface area (Å²) in [5, 5.41) is 14.2. The molecule has 0 aromatic heterocycles. The van der Waals surface area contributed by atoms with Crippen molar-refractivity contribution in [1.82, 2.24) is 4.90 Å². The molecular formula is C26H30FN3O5. The van der Waals surface area contributed by atoms with Gasteiger partial charge in [-0.05, 0) is 85.9 Å². The number of amides is 3. The van der Waals surface area contributed by atoms with E-state index in [1.165, 1.54) is 12.1 Å². The van der Waals surface area contributed by atoms with Crippen LogP contribution < -0.4 is 10.6 Å². The van der Waals surface area contributed by atoms with Crippen molar-refractivity contribution in [1.29, 1.82) is 0 Å². The van der Waals surface area contributed by atoms with Crippen LogP contribution in [-0.4, -0.2) is 40.7 Å². The van der Waals surface area contributed by atoms with Gasteiger partial charge in [-0.3, -0.25) is 4.79 Å². The molecule has 3 N–H and O–H groups in total. The van der Waals surface area contributed by atoms with Crippen LogP contribution in [0.3, 0.4) is 0 Å². The van der Waals surface area contributed by atoms with E-state index >= 15 is 0 Å². The number of carboxylic acid groups (broad SMARTS) is 1. The second kappa shape index (κ2) is 10.8. The molecule has 0 saturated heterocycles. The maximum absolute atomic E-state index is 14.0. The SMILES string of the molecule is Cc1ccc(NC(=O)Nc2ccc3c(c2)CCN(C(=O)OC2CCC(CC(=O)O)CC2)C3)c(F)c1. The van der Waals surface area contributed by atoms with E-state index in [0.717, 1.165) is 29.5 Å². The van der Waals surface area contributed by atoms with Crippen LogP contribution in [-0.2, 0) is 22.5 Å². The number of fused-ring (bicyclic) bond motifs is 1. The highest BCUT2D eigenvalue weighted by Crippen LogP contribution is 2.30. The molecule has 1 aliphatic heterocycles. The molecule has 0 atom stereocenters. The first kappa shape index (κ1) is 24.5. The number of ether oxygens (including phenoxy) is 1. The summed E-state index contributed by atoms with van der Waals surface area (Å²) in [6.07, 6.45) is 3.18. The summed E-state index contributed by atoms with van der Waals surface area (Å²) in [5.74, 6) is -1.12. The third-order valence-corrected chi connectivity index (χ3v) is 6.63. The Bertz CT molecular complexity index is 1110. The number of aliphatic carboxylic acids is 1. The number of halogens is 1. The van der Waals surface area contributed by atoms with Gasteiger partial charge in [0.1, 0.15) is 11.9 Å². The van der Waals surface area contributed by atoms with Gasteiger partial charge in [-0.1, -0.05) is 12.1 Å². The maximum Gasteiger partial charge on any atom is 0.410 e. The molecule has 35 heavy (non-hydrogen) atoms. The standard InChI is InChI=1S/C26H30FN3O5/c1-16-2-9-23(22(27)12-16)29-25(33)28-20-6-5-19-15-30(11-10-18(19)14-20)26(34)35-21-7-3-17(4-8-21)13-24(31)32/h2,5-6,9,12,14,17,21H,3-4,7-8,10-11,13,15H2,1H3,(H,31,32)(H2,28,29,33). The van der Waals surface area contributed by atoms with E-state index in [-0.39, 0.29) is 30.2 Å². The number of benzene rings is 2. The smallest absolute Gasteiger partial charge is 0.410 e. The van der Waals surface area contributed by atoms with Crippen molar-refractivity contribution in [3.8, 4) is 0 Å². The fraction of sp³-hybridized carbons (Fsp3) is 0.423. The zero-order valence-electron chi connectivity index (χ0n) is 19.7. The van der Waals surface area contributed by atoms with E-state index < -0.39 is 17.8 Å². The van der Waals surface area contributed by atoms with Gasteiger partial charge in [0.05, 0.1) is 5.69 Å². The van der Waals surface area contributed by atoms with Crippen LogP contribution in [0.5, 0.6) is 0 Å². The number of carbonyl (C=O) groups excluding carboxylic acids is 2. The van der Waals surface area contributed by atoms with Gasteiger partial charge >= 0.3 is 18.1 Å². The van der Waals surface area contributed by atoms with Crippen molar-refractivity contribution in [3.05, 3.63) is 58.9 Å². The van der Waals surface area contributed by atoms with Crippen molar-refractivity contribution < 1.29 is 28.6 Å². The number of hydrogen-bond donors (Lipinski definition) is 3. The Morgan fingerprint density at radius 1 is 1.06 bits per heavy atom. The van der Waals surface area contributed by atoms with Crippen molar-refractivity contribution in [2.45, 2.75) is 58.1 Å². The van der Waals surface area contributed by atoms with E-state index in [4.69, 9.17) is 9.84 Å². The van der Waals surface area contributed by atoms with Crippen LogP contribution in [0.2, 0.25) is 0 Å².